The van der Waals surface area contributed by atoms with E-state index < -0.39 is 17.0 Å². The third-order valence-corrected chi connectivity index (χ3v) is 4.00. The Kier molecular flexibility index (Phi) is 3.12. The first kappa shape index (κ1) is 12.5. The molecule has 1 fully saturated rings. The number of carboxylic acid groups (broad SMARTS) is 1. The van der Waals surface area contributed by atoms with E-state index in [0.717, 1.165) is 6.54 Å². The standard InChI is InChI=1S/C11H21NO3/c1-8(2)10(3,9(13)14)11(15)5-6-12(4)7-11/h8,15H,5-7H2,1-4H3,(H,13,14). The predicted octanol–water partition coefficient (Wildman–Crippen LogP) is 0.800. The molecule has 2 unspecified atom stereocenters. The summed E-state index contributed by atoms with van der Waals surface area (Å²) in [6, 6.07) is 0. The van der Waals surface area contributed by atoms with E-state index in [4.69, 9.17) is 0 Å². The average Bonchev–Trinajstić information content (AvgIpc) is 2.45. The van der Waals surface area contributed by atoms with Crippen LogP contribution in [0.3, 0.4) is 0 Å². The van der Waals surface area contributed by atoms with E-state index in [1.807, 2.05) is 25.8 Å². The number of aliphatic hydroxyl groups is 1. The highest BCUT2D eigenvalue weighted by molar-refractivity contribution is 5.76. The molecule has 88 valence electrons. The van der Waals surface area contributed by atoms with E-state index in [9.17, 15) is 15.0 Å². The highest BCUT2D eigenvalue weighted by Crippen LogP contribution is 2.43. The van der Waals surface area contributed by atoms with Crippen molar-refractivity contribution in [3.8, 4) is 0 Å². The predicted molar refractivity (Wildman–Crippen MR) is 57.6 cm³/mol. The number of likely N-dealkylation sites (N-methyl/N-ethyl adjacent to an activating group) is 1. The molecular weight excluding hydrogens is 194 g/mol. The molecule has 0 bridgehead atoms. The van der Waals surface area contributed by atoms with Crippen molar-refractivity contribution in [1.82, 2.24) is 4.90 Å². The van der Waals surface area contributed by atoms with Crippen molar-refractivity contribution >= 4 is 5.97 Å². The van der Waals surface area contributed by atoms with Gasteiger partial charge < -0.3 is 15.1 Å². The first-order valence-corrected chi connectivity index (χ1v) is 5.38. The highest BCUT2D eigenvalue weighted by Gasteiger charge is 2.56. The topological polar surface area (TPSA) is 60.8 Å². The van der Waals surface area contributed by atoms with E-state index in [-0.39, 0.29) is 5.92 Å². The van der Waals surface area contributed by atoms with Crippen LogP contribution in [0, 0.1) is 11.3 Å². The van der Waals surface area contributed by atoms with Crippen LogP contribution < -0.4 is 0 Å². The molecule has 1 saturated heterocycles. The summed E-state index contributed by atoms with van der Waals surface area (Å²) in [4.78, 5) is 13.4. The maximum Gasteiger partial charge on any atom is 0.312 e. The molecule has 0 amide bonds. The van der Waals surface area contributed by atoms with Crippen LogP contribution in [-0.2, 0) is 4.79 Å². The van der Waals surface area contributed by atoms with Crippen molar-refractivity contribution in [3.63, 3.8) is 0 Å². The SMILES string of the molecule is CC(C)C(C)(C(=O)O)C1(O)CCN(C)C1. The molecule has 1 aliphatic heterocycles. The zero-order chi connectivity index (χ0) is 11.9. The molecule has 0 aromatic heterocycles. The molecule has 4 heteroatoms. The first-order chi connectivity index (χ1) is 6.74. The monoisotopic (exact) mass is 215 g/mol. The zero-order valence-electron chi connectivity index (χ0n) is 9.95. The van der Waals surface area contributed by atoms with Gasteiger partial charge in [0.25, 0.3) is 0 Å². The maximum absolute atomic E-state index is 11.4. The van der Waals surface area contributed by atoms with Crippen molar-refractivity contribution in [2.75, 3.05) is 20.1 Å². The summed E-state index contributed by atoms with van der Waals surface area (Å²) in [5.41, 5.74) is -2.18. The van der Waals surface area contributed by atoms with Gasteiger partial charge in [0.2, 0.25) is 0 Å². The van der Waals surface area contributed by atoms with E-state index in [1.54, 1.807) is 6.92 Å². The minimum Gasteiger partial charge on any atom is -0.481 e. The number of aliphatic carboxylic acids is 1. The molecule has 1 rings (SSSR count). The largest absolute Gasteiger partial charge is 0.481 e. The highest BCUT2D eigenvalue weighted by atomic mass is 16.4. The van der Waals surface area contributed by atoms with Gasteiger partial charge in [0.05, 0.1) is 11.0 Å². The fraction of sp³-hybridized carbons (Fsp3) is 0.909. The lowest BCUT2D eigenvalue weighted by atomic mass is 9.65. The van der Waals surface area contributed by atoms with Crippen LogP contribution in [0.15, 0.2) is 0 Å². The van der Waals surface area contributed by atoms with Crippen molar-refractivity contribution in [1.29, 1.82) is 0 Å². The van der Waals surface area contributed by atoms with Gasteiger partial charge in [-0.1, -0.05) is 13.8 Å². The van der Waals surface area contributed by atoms with Gasteiger partial charge in [-0.3, -0.25) is 4.79 Å². The van der Waals surface area contributed by atoms with E-state index >= 15 is 0 Å². The fourth-order valence-corrected chi connectivity index (χ4v) is 2.39. The number of rotatable bonds is 3. The van der Waals surface area contributed by atoms with E-state index in [2.05, 4.69) is 0 Å². The molecule has 1 aliphatic rings. The quantitative estimate of drug-likeness (QED) is 0.731. The second kappa shape index (κ2) is 3.76. The number of carboxylic acids is 1. The first-order valence-electron chi connectivity index (χ1n) is 5.38. The maximum atomic E-state index is 11.4. The van der Waals surface area contributed by atoms with Crippen molar-refractivity contribution in [2.45, 2.75) is 32.8 Å². The summed E-state index contributed by atoms with van der Waals surface area (Å²) in [7, 11) is 1.90. The van der Waals surface area contributed by atoms with Gasteiger partial charge in [-0.25, -0.2) is 0 Å². The van der Waals surface area contributed by atoms with Gasteiger partial charge in [-0.2, -0.15) is 0 Å². The molecule has 0 aliphatic carbocycles. The number of hydrogen-bond acceptors (Lipinski definition) is 3. The minimum atomic E-state index is -1.11. The molecule has 2 atom stereocenters. The molecule has 4 nitrogen and oxygen atoms in total. The van der Waals surface area contributed by atoms with Crippen LogP contribution in [-0.4, -0.2) is 46.8 Å². The molecule has 0 saturated carbocycles. The fourth-order valence-electron chi connectivity index (χ4n) is 2.39. The van der Waals surface area contributed by atoms with Crippen LogP contribution in [0.2, 0.25) is 0 Å². The lowest BCUT2D eigenvalue weighted by Gasteiger charge is -2.42. The number of carbonyl (C=O) groups is 1. The van der Waals surface area contributed by atoms with Gasteiger partial charge >= 0.3 is 5.97 Å². The lowest BCUT2D eigenvalue weighted by Crippen LogP contribution is -2.55. The number of β-amino-alcohol motifs (C(OH)–C–C–N with tert-alkyl or cyclic N) is 1. The van der Waals surface area contributed by atoms with Gasteiger partial charge in [-0.15, -0.1) is 0 Å². The Bertz CT molecular complexity index is 267. The summed E-state index contributed by atoms with van der Waals surface area (Å²) in [5, 5.41) is 19.8. The number of nitrogens with zero attached hydrogens (tertiary/aromatic N) is 1. The second-order valence-corrected chi connectivity index (χ2v) is 5.18. The second-order valence-electron chi connectivity index (χ2n) is 5.18. The van der Waals surface area contributed by atoms with Crippen LogP contribution in [0.5, 0.6) is 0 Å². The average molecular weight is 215 g/mol. The molecule has 0 radical (unpaired) electrons. The molecule has 2 N–H and O–H groups in total. The third-order valence-electron chi connectivity index (χ3n) is 4.00. The van der Waals surface area contributed by atoms with Gasteiger partial charge in [0.15, 0.2) is 0 Å². The summed E-state index contributed by atoms with van der Waals surface area (Å²) < 4.78 is 0. The summed E-state index contributed by atoms with van der Waals surface area (Å²) in [6.07, 6.45) is 0.532. The van der Waals surface area contributed by atoms with E-state index in [1.165, 1.54) is 0 Å². The van der Waals surface area contributed by atoms with Crippen LogP contribution in [0.25, 0.3) is 0 Å². The lowest BCUT2D eigenvalue weighted by molar-refractivity contribution is -0.172. The van der Waals surface area contributed by atoms with Crippen molar-refractivity contribution in [3.05, 3.63) is 0 Å². The molecule has 0 aromatic rings. The molecule has 0 aromatic carbocycles. The summed E-state index contributed by atoms with van der Waals surface area (Å²) in [5.74, 6) is -0.998. The summed E-state index contributed by atoms with van der Waals surface area (Å²) in [6.45, 7) is 6.55. The minimum absolute atomic E-state index is 0.0912. The van der Waals surface area contributed by atoms with Gasteiger partial charge in [0, 0.05) is 13.1 Å². The van der Waals surface area contributed by atoms with Crippen molar-refractivity contribution < 1.29 is 15.0 Å². The van der Waals surface area contributed by atoms with Crippen LogP contribution >= 0.6 is 0 Å². The Morgan fingerprint density at radius 1 is 1.53 bits per heavy atom. The number of likely N-dealkylation sites (tertiary alicyclic amines) is 1. The zero-order valence-corrected chi connectivity index (χ0v) is 9.95. The molecule has 0 spiro atoms. The van der Waals surface area contributed by atoms with Gasteiger partial charge in [0.1, 0.15) is 0 Å². The third kappa shape index (κ3) is 1.76. The molecular formula is C11H21NO3. The molecule has 15 heavy (non-hydrogen) atoms. The Morgan fingerprint density at radius 2 is 2.07 bits per heavy atom. The van der Waals surface area contributed by atoms with Crippen molar-refractivity contribution in [2.24, 2.45) is 11.3 Å². The van der Waals surface area contributed by atoms with E-state index in [0.29, 0.717) is 13.0 Å². The van der Waals surface area contributed by atoms with Crippen LogP contribution in [0.4, 0.5) is 0 Å². The summed E-state index contributed by atoms with van der Waals surface area (Å²) >= 11 is 0. The van der Waals surface area contributed by atoms with Crippen LogP contribution in [0.1, 0.15) is 27.2 Å². The Labute approximate surface area is 90.9 Å². The normalized spacial score (nSPS) is 31.9. The Hall–Kier alpha value is -0.610. The number of hydrogen-bond donors (Lipinski definition) is 2. The molecule has 1 heterocycles. The Morgan fingerprint density at radius 3 is 2.33 bits per heavy atom. The van der Waals surface area contributed by atoms with Gasteiger partial charge in [-0.05, 0) is 26.3 Å². The Balaban J connectivity index is 3.05. The smallest absolute Gasteiger partial charge is 0.312 e.